The second-order valence-electron chi connectivity index (χ2n) is 4.60. The lowest BCUT2D eigenvalue weighted by Gasteiger charge is -2.31. The van der Waals surface area contributed by atoms with E-state index < -0.39 is 0 Å². The van der Waals surface area contributed by atoms with Gasteiger partial charge in [0.1, 0.15) is 0 Å². The molecule has 0 amide bonds. The van der Waals surface area contributed by atoms with E-state index in [0.29, 0.717) is 0 Å². The van der Waals surface area contributed by atoms with Gasteiger partial charge < -0.3 is 5.32 Å². The first-order valence-corrected chi connectivity index (χ1v) is 7.20. The Morgan fingerprint density at radius 1 is 1.40 bits per heavy atom. The first-order chi connectivity index (χ1) is 7.36. The van der Waals surface area contributed by atoms with Crippen LogP contribution in [0.15, 0.2) is 12.2 Å². The number of nitrogens with one attached hydrogen (secondary N) is 1. The molecule has 2 nitrogen and oxygen atoms in total. The van der Waals surface area contributed by atoms with E-state index in [2.05, 4.69) is 28.6 Å². The molecule has 0 bridgehead atoms. The van der Waals surface area contributed by atoms with Crippen molar-refractivity contribution >= 4 is 11.8 Å². The molecule has 1 N–H and O–H groups in total. The van der Waals surface area contributed by atoms with Crippen LogP contribution in [0, 0.1) is 5.92 Å². The largest absolute Gasteiger partial charge is 0.314 e. The van der Waals surface area contributed by atoms with E-state index >= 15 is 0 Å². The number of hydrogen-bond donors (Lipinski definition) is 1. The molecule has 2 aliphatic rings. The lowest BCUT2D eigenvalue weighted by molar-refractivity contribution is 0.253. The van der Waals surface area contributed by atoms with Gasteiger partial charge in [-0.25, -0.2) is 0 Å². The van der Waals surface area contributed by atoms with Crippen LogP contribution in [0.2, 0.25) is 0 Å². The minimum Gasteiger partial charge on any atom is -0.314 e. The molecular weight excluding hydrogens is 204 g/mol. The molecule has 1 atom stereocenters. The summed E-state index contributed by atoms with van der Waals surface area (Å²) >= 11 is 2.10. The maximum absolute atomic E-state index is 4.30. The van der Waals surface area contributed by atoms with Crippen LogP contribution in [0.1, 0.15) is 12.8 Å². The summed E-state index contributed by atoms with van der Waals surface area (Å²) in [5.41, 5.74) is 1.48. The van der Waals surface area contributed by atoms with Crippen molar-refractivity contribution in [3.63, 3.8) is 0 Å². The van der Waals surface area contributed by atoms with Crippen molar-refractivity contribution in [2.24, 2.45) is 5.92 Å². The SMILES string of the molecule is C=C(CN1CCNCC1)C1CCCSC1. The Hall–Kier alpha value is 0.0100. The first kappa shape index (κ1) is 11.5. The Morgan fingerprint density at radius 3 is 2.87 bits per heavy atom. The molecule has 86 valence electrons. The third-order valence-electron chi connectivity index (χ3n) is 3.37. The fraction of sp³-hybridized carbons (Fsp3) is 0.833. The number of hydrogen-bond acceptors (Lipinski definition) is 3. The van der Waals surface area contributed by atoms with Crippen molar-refractivity contribution in [2.45, 2.75) is 12.8 Å². The summed E-state index contributed by atoms with van der Waals surface area (Å²) in [5, 5.41) is 3.39. The molecule has 2 heterocycles. The zero-order valence-electron chi connectivity index (χ0n) is 9.50. The van der Waals surface area contributed by atoms with Gasteiger partial charge in [0, 0.05) is 32.7 Å². The molecule has 3 heteroatoms. The summed E-state index contributed by atoms with van der Waals surface area (Å²) in [6, 6.07) is 0. The molecule has 0 aromatic heterocycles. The van der Waals surface area contributed by atoms with Crippen LogP contribution in [-0.2, 0) is 0 Å². The second-order valence-corrected chi connectivity index (χ2v) is 5.75. The van der Waals surface area contributed by atoms with Crippen LogP contribution >= 0.6 is 11.8 Å². The van der Waals surface area contributed by atoms with Crippen molar-refractivity contribution in [1.82, 2.24) is 10.2 Å². The first-order valence-electron chi connectivity index (χ1n) is 6.05. The minimum absolute atomic E-state index is 0.790. The van der Waals surface area contributed by atoms with Crippen LogP contribution in [-0.4, -0.2) is 49.1 Å². The monoisotopic (exact) mass is 226 g/mol. The molecule has 0 saturated carbocycles. The molecule has 0 radical (unpaired) electrons. The quantitative estimate of drug-likeness (QED) is 0.736. The Bertz CT molecular complexity index is 206. The van der Waals surface area contributed by atoms with Crippen molar-refractivity contribution in [3.8, 4) is 0 Å². The van der Waals surface area contributed by atoms with Crippen LogP contribution < -0.4 is 5.32 Å². The molecule has 0 aromatic rings. The molecular formula is C12H22N2S. The van der Waals surface area contributed by atoms with Gasteiger partial charge in [0.05, 0.1) is 0 Å². The summed E-state index contributed by atoms with van der Waals surface area (Å²) < 4.78 is 0. The summed E-state index contributed by atoms with van der Waals surface area (Å²) in [4.78, 5) is 2.54. The van der Waals surface area contributed by atoms with E-state index in [9.17, 15) is 0 Å². The van der Waals surface area contributed by atoms with E-state index in [-0.39, 0.29) is 0 Å². The average Bonchev–Trinajstić information content (AvgIpc) is 2.31. The zero-order chi connectivity index (χ0) is 10.5. The van der Waals surface area contributed by atoms with Crippen molar-refractivity contribution < 1.29 is 0 Å². The highest BCUT2D eigenvalue weighted by molar-refractivity contribution is 7.99. The summed E-state index contributed by atoms with van der Waals surface area (Å²) in [7, 11) is 0. The topological polar surface area (TPSA) is 15.3 Å². The number of rotatable bonds is 3. The lowest BCUT2D eigenvalue weighted by atomic mass is 9.96. The van der Waals surface area contributed by atoms with Crippen LogP contribution in [0.4, 0.5) is 0 Å². The number of nitrogens with zero attached hydrogens (tertiary/aromatic N) is 1. The van der Waals surface area contributed by atoms with E-state index in [4.69, 9.17) is 0 Å². The lowest BCUT2D eigenvalue weighted by Crippen LogP contribution is -2.44. The molecule has 0 spiro atoms. The molecule has 0 aromatic carbocycles. The van der Waals surface area contributed by atoms with Crippen LogP contribution in [0.3, 0.4) is 0 Å². The van der Waals surface area contributed by atoms with Gasteiger partial charge in [0.2, 0.25) is 0 Å². The third kappa shape index (κ3) is 3.51. The minimum atomic E-state index is 0.790. The predicted octanol–water partition coefficient (Wildman–Crippen LogP) is 1.59. The molecule has 2 rings (SSSR count). The van der Waals surface area contributed by atoms with Gasteiger partial charge in [-0.15, -0.1) is 0 Å². The number of piperazine rings is 1. The maximum atomic E-state index is 4.30. The van der Waals surface area contributed by atoms with Gasteiger partial charge in [-0.1, -0.05) is 12.2 Å². The summed E-state index contributed by atoms with van der Waals surface area (Å²) in [5.74, 6) is 3.46. The molecule has 2 fully saturated rings. The average molecular weight is 226 g/mol. The maximum Gasteiger partial charge on any atom is 0.0194 e. The molecule has 0 aliphatic carbocycles. The van der Waals surface area contributed by atoms with Crippen molar-refractivity contribution in [3.05, 3.63) is 12.2 Å². The standard InChI is InChI=1S/C12H22N2S/c1-11(12-3-2-8-15-10-12)9-14-6-4-13-5-7-14/h12-13H,1-10H2. The van der Waals surface area contributed by atoms with E-state index in [1.807, 2.05) is 0 Å². The van der Waals surface area contributed by atoms with Crippen molar-refractivity contribution in [2.75, 3.05) is 44.2 Å². The van der Waals surface area contributed by atoms with Gasteiger partial charge in [-0.2, -0.15) is 11.8 Å². The molecule has 2 saturated heterocycles. The smallest absolute Gasteiger partial charge is 0.0194 e. The van der Waals surface area contributed by atoms with E-state index in [1.165, 1.54) is 43.0 Å². The summed E-state index contributed by atoms with van der Waals surface area (Å²) in [6.07, 6.45) is 2.76. The van der Waals surface area contributed by atoms with Gasteiger partial charge in [-0.3, -0.25) is 4.90 Å². The summed E-state index contributed by atoms with van der Waals surface area (Å²) in [6.45, 7) is 10.1. The third-order valence-corrected chi connectivity index (χ3v) is 4.59. The highest BCUT2D eigenvalue weighted by Gasteiger charge is 2.19. The zero-order valence-corrected chi connectivity index (χ0v) is 10.3. The van der Waals surface area contributed by atoms with Gasteiger partial charge >= 0.3 is 0 Å². The Morgan fingerprint density at radius 2 is 2.20 bits per heavy atom. The van der Waals surface area contributed by atoms with Crippen LogP contribution in [0.5, 0.6) is 0 Å². The van der Waals surface area contributed by atoms with E-state index in [0.717, 1.165) is 25.6 Å². The molecule has 1 unspecified atom stereocenters. The second kappa shape index (κ2) is 5.92. The fourth-order valence-corrected chi connectivity index (χ4v) is 3.57. The van der Waals surface area contributed by atoms with Crippen molar-refractivity contribution in [1.29, 1.82) is 0 Å². The van der Waals surface area contributed by atoms with Crippen LogP contribution in [0.25, 0.3) is 0 Å². The Balaban J connectivity index is 1.74. The predicted molar refractivity (Wildman–Crippen MR) is 68.5 cm³/mol. The normalized spacial score (nSPS) is 28.9. The van der Waals surface area contributed by atoms with Gasteiger partial charge in [0.25, 0.3) is 0 Å². The highest BCUT2D eigenvalue weighted by Crippen LogP contribution is 2.27. The molecule has 15 heavy (non-hydrogen) atoms. The van der Waals surface area contributed by atoms with E-state index in [1.54, 1.807) is 0 Å². The fourth-order valence-electron chi connectivity index (χ4n) is 2.35. The Kier molecular flexibility index (Phi) is 4.54. The van der Waals surface area contributed by atoms with Gasteiger partial charge in [-0.05, 0) is 30.3 Å². The highest BCUT2D eigenvalue weighted by atomic mass is 32.2. The molecule has 2 aliphatic heterocycles. The number of thioether (sulfide) groups is 1. The van der Waals surface area contributed by atoms with Gasteiger partial charge in [0.15, 0.2) is 0 Å². The Labute approximate surface area is 97.5 Å².